The molecule has 6 heteroatoms. The van der Waals surface area contributed by atoms with Crippen molar-refractivity contribution in [2.45, 2.75) is 257 Å². The molecule has 342 valence electrons. The average molecular weight is 826 g/mol. The van der Waals surface area contributed by atoms with Crippen molar-refractivity contribution in [2.24, 2.45) is 0 Å². The summed E-state index contributed by atoms with van der Waals surface area (Å²) in [6, 6.07) is -0.715. The number of nitrogens with one attached hydrogen (secondary N) is 1. The molecule has 1 amide bonds. The van der Waals surface area contributed by atoms with Gasteiger partial charge in [-0.25, -0.2) is 0 Å². The average Bonchev–Trinajstić information content (AvgIpc) is 3.23. The number of aliphatic hydroxyl groups excluding tert-OH is 2. The largest absolute Gasteiger partial charge is 0.462 e. The van der Waals surface area contributed by atoms with Crippen LogP contribution in [0.2, 0.25) is 0 Å². The van der Waals surface area contributed by atoms with Crippen molar-refractivity contribution in [1.29, 1.82) is 0 Å². The van der Waals surface area contributed by atoms with Crippen LogP contribution in [-0.2, 0) is 14.3 Å². The quantitative estimate of drug-likeness (QED) is 0.0323. The standard InChI is InChI=1S/C53H95NO5/c1-4-7-10-13-16-19-22-25-28-30-33-36-39-42-45-51(56)50(48-55)54-52(57)47-49(44-41-38-35-32-29-26-23-20-17-14-11-8-5-2)59-53(58)46-43-40-37-34-31-27-24-21-18-15-12-9-6-3/h9,12,15,18,21,24,27,31,34,37,49-51,55-56H,4-8,10-11,13-14,16-17,19-20,22-23,25-26,28-30,32-33,35-36,38-48H2,1-3H3,(H,54,57)/b12-9+,18-15+,24-21-,31-27-,37-34+. The van der Waals surface area contributed by atoms with E-state index in [9.17, 15) is 19.8 Å². The van der Waals surface area contributed by atoms with Crippen molar-refractivity contribution in [1.82, 2.24) is 5.32 Å². The number of hydrogen-bond acceptors (Lipinski definition) is 5. The Morgan fingerprint density at radius 3 is 1.32 bits per heavy atom. The molecule has 59 heavy (non-hydrogen) atoms. The first-order valence-corrected chi connectivity index (χ1v) is 25.1. The summed E-state index contributed by atoms with van der Waals surface area (Å²) in [4.78, 5) is 26.1. The Hall–Kier alpha value is -2.44. The third-order valence-electron chi connectivity index (χ3n) is 11.2. The van der Waals surface area contributed by atoms with Crippen LogP contribution in [0.1, 0.15) is 239 Å². The van der Waals surface area contributed by atoms with Crippen molar-refractivity contribution in [3.05, 3.63) is 60.8 Å². The van der Waals surface area contributed by atoms with Gasteiger partial charge in [-0.1, -0.05) is 248 Å². The predicted molar refractivity (Wildman–Crippen MR) is 255 cm³/mol. The number of hydrogen-bond donors (Lipinski definition) is 3. The molecule has 0 fully saturated rings. The Morgan fingerprint density at radius 2 is 0.898 bits per heavy atom. The third-order valence-corrected chi connectivity index (χ3v) is 11.2. The highest BCUT2D eigenvalue weighted by Gasteiger charge is 2.24. The molecule has 3 N–H and O–H groups in total. The molecular formula is C53H95NO5. The second-order valence-corrected chi connectivity index (χ2v) is 17.0. The minimum atomic E-state index is -0.799. The van der Waals surface area contributed by atoms with Gasteiger partial charge in [-0.2, -0.15) is 0 Å². The summed E-state index contributed by atoms with van der Waals surface area (Å²) in [7, 11) is 0. The zero-order valence-corrected chi connectivity index (χ0v) is 38.9. The lowest BCUT2D eigenvalue weighted by Gasteiger charge is -2.24. The molecule has 0 heterocycles. The molecule has 0 bridgehead atoms. The second kappa shape index (κ2) is 46.6. The van der Waals surface area contributed by atoms with Crippen molar-refractivity contribution < 1.29 is 24.5 Å². The lowest BCUT2D eigenvalue weighted by Crippen LogP contribution is -2.46. The zero-order chi connectivity index (χ0) is 43.1. The highest BCUT2D eigenvalue weighted by molar-refractivity contribution is 5.77. The lowest BCUT2D eigenvalue weighted by molar-refractivity contribution is -0.151. The molecule has 3 unspecified atom stereocenters. The number of ether oxygens (including phenoxy) is 1. The number of amides is 1. The first kappa shape index (κ1) is 56.6. The van der Waals surface area contributed by atoms with Crippen LogP contribution < -0.4 is 5.32 Å². The molecular weight excluding hydrogens is 731 g/mol. The molecule has 0 saturated carbocycles. The fraction of sp³-hybridized carbons (Fsp3) is 0.774. The third kappa shape index (κ3) is 42.1. The molecule has 0 radical (unpaired) electrons. The summed E-state index contributed by atoms with van der Waals surface area (Å²) in [6.45, 7) is 6.33. The summed E-state index contributed by atoms with van der Waals surface area (Å²) in [5.74, 6) is -0.557. The van der Waals surface area contributed by atoms with Gasteiger partial charge in [-0.05, 0) is 38.5 Å². The van der Waals surface area contributed by atoms with Crippen LogP contribution in [0.4, 0.5) is 0 Å². The van der Waals surface area contributed by atoms with Crippen LogP contribution in [0, 0.1) is 0 Å². The summed E-state index contributed by atoms with van der Waals surface area (Å²) in [5.41, 5.74) is 0. The Morgan fingerprint density at radius 1 is 0.508 bits per heavy atom. The highest BCUT2D eigenvalue weighted by atomic mass is 16.5. The molecule has 0 saturated heterocycles. The number of carbonyl (C=O) groups is 2. The van der Waals surface area contributed by atoms with Crippen LogP contribution >= 0.6 is 0 Å². The van der Waals surface area contributed by atoms with Crippen LogP contribution in [0.3, 0.4) is 0 Å². The summed E-state index contributed by atoms with van der Waals surface area (Å²) >= 11 is 0. The van der Waals surface area contributed by atoms with E-state index in [1.54, 1.807) is 0 Å². The van der Waals surface area contributed by atoms with Crippen LogP contribution in [0.5, 0.6) is 0 Å². The van der Waals surface area contributed by atoms with Crippen molar-refractivity contribution in [3.8, 4) is 0 Å². The van der Waals surface area contributed by atoms with E-state index in [0.717, 1.165) is 51.4 Å². The smallest absolute Gasteiger partial charge is 0.306 e. The minimum absolute atomic E-state index is 0.0500. The van der Waals surface area contributed by atoms with E-state index in [1.165, 1.54) is 135 Å². The van der Waals surface area contributed by atoms with Gasteiger partial charge in [-0.3, -0.25) is 9.59 Å². The van der Waals surface area contributed by atoms with Gasteiger partial charge in [-0.15, -0.1) is 0 Å². The molecule has 0 spiro atoms. The molecule has 3 atom stereocenters. The summed E-state index contributed by atoms with van der Waals surface area (Å²) in [5, 5.41) is 23.7. The number of aliphatic hydroxyl groups is 2. The molecule has 0 aromatic rings. The Balaban J connectivity index is 4.65. The van der Waals surface area contributed by atoms with E-state index < -0.39 is 18.2 Å². The van der Waals surface area contributed by atoms with Gasteiger partial charge in [0.1, 0.15) is 6.10 Å². The first-order chi connectivity index (χ1) is 29.0. The fourth-order valence-electron chi connectivity index (χ4n) is 7.46. The SMILES string of the molecule is CC/C=C/C=C/C=C\C=C/C=C/CCCC(=O)OC(CCCCCCCCCCCCCCC)CC(=O)NC(CO)C(O)CCCCCCCCCCCCCCCC. The maximum atomic E-state index is 13.2. The number of esters is 1. The Kier molecular flexibility index (Phi) is 44.7. The van der Waals surface area contributed by atoms with Gasteiger partial charge < -0.3 is 20.3 Å². The molecule has 0 aliphatic rings. The Bertz CT molecular complexity index is 1060. The molecule has 0 aliphatic carbocycles. The van der Waals surface area contributed by atoms with Gasteiger partial charge in [0.15, 0.2) is 0 Å². The zero-order valence-electron chi connectivity index (χ0n) is 38.9. The second-order valence-electron chi connectivity index (χ2n) is 17.0. The van der Waals surface area contributed by atoms with Crippen molar-refractivity contribution in [2.75, 3.05) is 6.61 Å². The molecule has 6 nitrogen and oxygen atoms in total. The van der Waals surface area contributed by atoms with E-state index in [-0.39, 0.29) is 24.9 Å². The molecule has 0 aromatic heterocycles. The summed E-state index contributed by atoms with van der Waals surface area (Å²) < 4.78 is 5.88. The van der Waals surface area contributed by atoms with Crippen molar-refractivity contribution >= 4 is 11.9 Å². The predicted octanol–water partition coefficient (Wildman–Crippen LogP) is 14.8. The number of unbranched alkanes of at least 4 members (excludes halogenated alkanes) is 26. The van der Waals surface area contributed by atoms with Crippen LogP contribution in [0.25, 0.3) is 0 Å². The van der Waals surface area contributed by atoms with Gasteiger partial charge in [0.05, 0.1) is 25.2 Å². The minimum Gasteiger partial charge on any atom is -0.462 e. The van der Waals surface area contributed by atoms with Gasteiger partial charge >= 0.3 is 5.97 Å². The van der Waals surface area contributed by atoms with E-state index in [4.69, 9.17) is 4.74 Å². The maximum Gasteiger partial charge on any atom is 0.306 e. The van der Waals surface area contributed by atoms with E-state index >= 15 is 0 Å². The molecule has 0 rings (SSSR count). The monoisotopic (exact) mass is 826 g/mol. The van der Waals surface area contributed by atoms with Crippen LogP contribution in [0.15, 0.2) is 60.8 Å². The number of rotatable bonds is 44. The van der Waals surface area contributed by atoms with E-state index in [2.05, 4.69) is 38.2 Å². The fourth-order valence-corrected chi connectivity index (χ4v) is 7.46. The maximum absolute atomic E-state index is 13.2. The lowest BCUT2D eigenvalue weighted by atomic mass is 10.0. The van der Waals surface area contributed by atoms with Gasteiger partial charge in [0.25, 0.3) is 0 Å². The number of allylic oxidation sites excluding steroid dienone is 10. The first-order valence-electron chi connectivity index (χ1n) is 25.1. The normalized spacial score (nSPS) is 13.8. The summed E-state index contributed by atoms with van der Waals surface area (Å²) in [6.07, 6.45) is 57.1. The van der Waals surface area contributed by atoms with Crippen molar-refractivity contribution in [3.63, 3.8) is 0 Å². The van der Waals surface area contributed by atoms with Crippen LogP contribution in [-0.4, -0.2) is 46.9 Å². The van der Waals surface area contributed by atoms with E-state index in [0.29, 0.717) is 25.7 Å². The topological polar surface area (TPSA) is 95.9 Å². The highest BCUT2D eigenvalue weighted by Crippen LogP contribution is 2.18. The van der Waals surface area contributed by atoms with Gasteiger partial charge in [0.2, 0.25) is 5.91 Å². The Labute approximate surface area is 365 Å². The molecule has 0 aliphatic heterocycles. The van der Waals surface area contributed by atoms with Gasteiger partial charge in [0, 0.05) is 6.42 Å². The number of carbonyl (C=O) groups excluding carboxylic acids is 2. The molecule has 0 aromatic carbocycles. The van der Waals surface area contributed by atoms with E-state index in [1.807, 2.05) is 48.6 Å².